The summed E-state index contributed by atoms with van der Waals surface area (Å²) in [6.45, 7) is 5.42. The van der Waals surface area contributed by atoms with E-state index in [0.717, 1.165) is 20.4 Å². The summed E-state index contributed by atoms with van der Waals surface area (Å²) in [5.74, 6) is -3.47. The lowest BCUT2D eigenvalue weighted by atomic mass is 9.68. The summed E-state index contributed by atoms with van der Waals surface area (Å²) in [6, 6.07) is 6.38. The Morgan fingerprint density at radius 1 is 1.12 bits per heavy atom. The van der Waals surface area contributed by atoms with Crippen LogP contribution < -0.4 is 9.61 Å². The van der Waals surface area contributed by atoms with E-state index >= 15 is 0 Å². The lowest BCUT2D eigenvalue weighted by molar-refractivity contribution is -0.157. The molecule has 0 radical (unpaired) electrons. The number of ether oxygens (including phenoxy) is 2. The average molecular weight is 628 g/mol. The molecule has 7 unspecified atom stereocenters. The third-order valence-electron chi connectivity index (χ3n) is 9.86. The zero-order valence-electron chi connectivity index (χ0n) is 23.8. The molecule has 228 valence electrons. The molecule has 2 bridgehead atoms. The van der Waals surface area contributed by atoms with Crippen LogP contribution in [0, 0.1) is 35.5 Å². The van der Waals surface area contributed by atoms with E-state index in [2.05, 4.69) is 4.98 Å². The first-order valence-electron chi connectivity index (χ1n) is 14.7. The van der Waals surface area contributed by atoms with Crippen molar-refractivity contribution in [3.05, 3.63) is 44.4 Å². The Morgan fingerprint density at radius 2 is 1.84 bits per heavy atom. The van der Waals surface area contributed by atoms with Gasteiger partial charge in [0.15, 0.2) is 6.61 Å². The van der Waals surface area contributed by atoms with Crippen LogP contribution in [-0.4, -0.2) is 87.8 Å². The van der Waals surface area contributed by atoms with Gasteiger partial charge in [-0.05, 0) is 47.8 Å². The van der Waals surface area contributed by atoms with Crippen molar-refractivity contribution in [3.63, 3.8) is 0 Å². The topological polar surface area (TPSA) is 146 Å². The Kier molecular flexibility index (Phi) is 7.17. The van der Waals surface area contributed by atoms with Crippen molar-refractivity contribution in [2.24, 2.45) is 35.5 Å². The molecule has 13 heteroatoms. The fourth-order valence-corrected chi connectivity index (χ4v) is 11.1. The fraction of sp³-hybridized carbons (Fsp3) is 0.567. The SMILES string of the molecule is CC(C)C(C(=O)O)N1C(=O)C2C3CC(C2C1=O)C1C3Sc2[nH]c(=O)sc2[C@@H]1c1cccc(OCC(=O)N2CCOCC2)c1. The summed E-state index contributed by atoms with van der Waals surface area (Å²) in [7, 11) is 0. The van der Waals surface area contributed by atoms with Gasteiger partial charge in [-0.1, -0.05) is 37.3 Å². The minimum absolute atomic E-state index is 0.0134. The molecule has 2 N–H and O–H groups in total. The van der Waals surface area contributed by atoms with Gasteiger partial charge in [0, 0.05) is 29.1 Å². The number of likely N-dealkylation sites (tertiary alicyclic amines) is 1. The van der Waals surface area contributed by atoms with Crippen molar-refractivity contribution in [1.29, 1.82) is 0 Å². The molecule has 4 fully saturated rings. The summed E-state index contributed by atoms with van der Waals surface area (Å²) in [5.41, 5.74) is 0.923. The van der Waals surface area contributed by atoms with E-state index in [9.17, 15) is 29.1 Å². The number of hydrogen-bond donors (Lipinski definition) is 2. The number of benzene rings is 1. The van der Waals surface area contributed by atoms with Gasteiger partial charge in [0.25, 0.3) is 5.91 Å². The highest BCUT2D eigenvalue weighted by molar-refractivity contribution is 8.00. The normalized spacial score (nSPS) is 31.7. The molecule has 2 aliphatic carbocycles. The number of nitrogens with zero attached hydrogens (tertiary/aromatic N) is 2. The molecule has 2 saturated carbocycles. The Morgan fingerprint density at radius 3 is 2.53 bits per heavy atom. The molecule has 3 aliphatic heterocycles. The summed E-state index contributed by atoms with van der Waals surface area (Å²) in [6.07, 6.45) is 0.711. The van der Waals surface area contributed by atoms with E-state index in [1.807, 2.05) is 18.2 Å². The maximum Gasteiger partial charge on any atom is 0.327 e. The van der Waals surface area contributed by atoms with Gasteiger partial charge >= 0.3 is 10.8 Å². The van der Waals surface area contributed by atoms with Crippen molar-refractivity contribution >= 4 is 46.8 Å². The molecule has 7 rings (SSSR count). The number of fused-ring (bicyclic) bond motifs is 9. The number of carboxylic acids is 1. The van der Waals surface area contributed by atoms with E-state index < -0.39 is 29.8 Å². The monoisotopic (exact) mass is 627 g/mol. The zero-order chi connectivity index (χ0) is 30.2. The number of H-pyrrole nitrogens is 1. The summed E-state index contributed by atoms with van der Waals surface area (Å²) in [5, 5.41) is 10.7. The highest BCUT2D eigenvalue weighted by Gasteiger charge is 2.70. The standard InChI is InChI=1S/C30H33N3O8S2/c1-13(2)23(29(37)38)33-27(35)21-16-11-17(22(21)28(33)36)24-20(16)19(25-26(42-24)31-30(39)43-25)14-4-3-5-15(10-14)41-12-18(34)32-6-8-40-9-7-32/h3-5,10,13,16-17,19-24H,6-9,11-12H2,1-2H3,(H,31,39)(H,37,38)/t16?,17?,19-,20?,21?,22?,23?,24?/m1/s1. The van der Waals surface area contributed by atoms with Crippen LogP contribution in [0.3, 0.4) is 0 Å². The maximum atomic E-state index is 13.9. The number of nitrogens with one attached hydrogen (secondary N) is 1. The van der Waals surface area contributed by atoms with Crippen LogP contribution in [0.15, 0.2) is 34.1 Å². The number of carboxylic acid groups (broad SMARTS) is 1. The number of aromatic nitrogens is 1. The van der Waals surface area contributed by atoms with E-state index in [4.69, 9.17) is 9.47 Å². The molecule has 2 saturated heterocycles. The number of rotatable bonds is 7. The quantitative estimate of drug-likeness (QED) is 0.442. The van der Waals surface area contributed by atoms with Crippen molar-refractivity contribution in [3.8, 4) is 5.75 Å². The van der Waals surface area contributed by atoms with Crippen molar-refractivity contribution in [1.82, 2.24) is 14.8 Å². The van der Waals surface area contributed by atoms with E-state index in [0.29, 0.717) is 38.5 Å². The van der Waals surface area contributed by atoms with E-state index in [1.54, 1.807) is 36.6 Å². The maximum absolute atomic E-state index is 13.9. The molecule has 8 atom stereocenters. The van der Waals surface area contributed by atoms with Crippen LogP contribution in [0.2, 0.25) is 0 Å². The highest BCUT2D eigenvalue weighted by atomic mass is 32.2. The Bertz CT molecular complexity index is 1550. The van der Waals surface area contributed by atoms with E-state index in [1.165, 1.54) is 11.3 Å². The second-order valence-corrected chi connectivity index (χ2v) is 14.6. The van der Waals surface area contributed by atoms with Gasteiger partial charge in [0.2, 0.25) is 11.8 Å². The number of imide groups is 1. The third-order valence-corrected chi connectivity index (χ3v) is 12.5. The Labute approximate surface area is 255 Å². The first kappa shape index (κ1) is 28.6. The van der Waals surface area contributed by atoms with Crippen LogP contribution in [0.1, 0.15) is 36.6 Å². The van der Waals surface area contributed by atoms with Gasteiger partial charge in [-0.25, -0.2) is 4.79 Å². The molecule has 3 amide bonds. The van der Waals surface area contributed by atoms with E-state index in [-0.39, 0.29) is 58.1 Å². The largest absolute Gasteiger partial charge is 0.484 e. The summed E-state index contributed by atoms with van der Waals surface area (Å²) in [4.78, 5) is 71.5. The van der Waals surface area contributed by atoms with Crippen LogP contribution in [0.4, 0.5) is 0 Å². The minimum Gasteiger partial charge on any atom is -0.484 e. The summed E-state index contributed by atoms with van der Waals surface area (Å²) < 4.78 is 11.3. The third kappa shape index (κ3) is 4.53. The minimum atomic E-state index is -1.19. The fourth-order valence-electron chi connectivity index (χ4n) is 8.23. The van der Waals surface area contributed by atoms with Crippen LogP contribution in [0.5, 0.6) is 5.75 Å². The van der Waals surface area contributed by atoms with Gasteiger partial charge in [-0.2, -0.15) is 0 Å². The van der Waals surface area contributed by atoms with Crippen molar-refractivity contribution < 1.29 is 33.8 Å². The number of carbonyl (C=O) groups excluding carboxylic acids is 3. The Hall–Kier alpha value is -3.16. The lowest BCUT2D eigenvalue weighted by Crippen LogP contribution is -2.49. The molecule has 43 heavy (non-hydrogen) atoms. The predicted octanol–water partition coefficient (Wildman–Crippen LogP) is 2.26. The van der Waals surface area contributed by atoms with Gasteiger partial charge in [-0.15, -0.1) is 11.8 Å². The van der Waals surface area contributed by atoms with Gasteiger partial charge in [-0.3, -0.25) is 24.1 Å². The molecule has 0 spiro atoms. The zero-order valence-corrected chi connectivity index (χ0v) is 25.4. The number of morpholine rings is 1. The van der Waals surface area contributed by atoms with Crippen molar-refractivity contribution in [2.45, 2.75) is 42.5 Å². The van der Waals surface area contributed by atoms with Crippen LogP contribution >= 0.6 is 23.1 Å². The van der Waals surface area contributed by atoms with Gasteiger partial charge in [0.1, 0.15) is 11.8 Å². The van der Waals surface area contributed by atoms with Crippen molar-refractivity contribution in [2.75, 3.05) is 32.9 Å². The average Bonchev–Trinajstić information content (AvgIpc) is 3.72. The number of carbonyl (C=O) groups is 4. The molecule has 4 heterocycles. The number of thioether (sulfide) groups is 1. The molecule has 1 aromatic carbocycles. The first-order valence-corrected chi connectivity index (χ1v) is 16.4. The number of aromatic amines is 1. The molecule has 11 nitrogen and oxygen atoms in total. The lowest BCUT2D eigenvalue weighted by Gasteiger charge is -2.43. The smallest absolute Gasteiger partial charge is 0.327 e. The number of aliphatic carboxylic acids is 1. The van der Waals surface area contributed by atoms with Gasteiger partial charge < -0.3 is 24.5 Å². The summed E-state index contributed by atoms with van der Waals surface area (Å²) >= 11 is 2.75. The second-order valence-electron chi connectivity index (χ2n) is 12.4. The predicted molar refractivity (Wildman–Crippen MR) is 156 cm³/mol. The highest BCUT2D eigenvalue weighted by Crippen LogP contribution is 2.68. The second kappa shape index (κ2) is 10.8. The number of thiazole rings is 1. The Balaban J connectivity index is 1.20. The molecular formula is C30H33N3O8S2. The first-order chi connectivity index (χ1) is 20.7. The molecule has 5 aliphatic rings. The molecule has 2 aromatic rings. The number of amides is 3. The van der Waals surface area contributed by atoms with Crippen LogP contribution in [-0.2, 0) is 23.9 Å². The van der Waals surface area contributed by atoms with Gasteiger partial charge in [0.05, 0.1) is 30.1 Å². The number of hydrogen-bond acceptors (Lipinski definition) is 9. The molecular weight excluding hydrogens is 594 g/mol. The van der Waals surface area contributed by atoms with Crippen LogP contribution in [0.25, 0.3) is 0 Å². The molecule has 1 aromatic heterocycles.